The van der Waals surface area contributed by atoms with E-state index in [2.05, 4.69) is 20.0 Å². The van der Waals surface area contributed by atoms with Crippen LogP contribution in [0.4, 0.5) is 16.2 Å². The fourth-order valence-electron chi connectivity index (χ4n) is 4.89. The number of nitrogens with zero attached hydrogens (tertiary/aromatic N) is 5. The lowest BCUT2D eigenvalue weighted by Gasteiger charge is -2.29. The molecule has 17 heteroatoms. The van der Waals surface area contributed by atoms with E-state index in [4.69, 9.17) is 47.7 Å². The van der Waals surface area contributed by atoms with Crippen LogP contribution in [0.25, 0.3) is 11.2 Å². The highest BCUT2D eigenvalue weighted by molar-refractivity contribution is 8.09. The molecule has 0 bridgehead atoms. The number of carbonyl (C=O) groups excluding carboxylic acids is 1. The predicted molar refractivity (Wildman–Crippen MR) is 153 cm³/mol. The molecular formula is C24H30ClFN7O6PS. The van der Waals surface area contributed by atoms with Crippen molar-refractivity contribution in [3.8, 4) is 5.75 Å². The molecule has 222 valence electrons. The van der Waals surface area contributed by atoms with E-state index in [0.29, 0.717) is 17.1 Å². The summed E-state index contributed by atoms with van der Waals surface area (Å²) >= 11 is 12.0. The first-order valence-corrected chi connectivity index (χ1v) is 15.8. The van der Waals surface area contributed by atoms with Crippen molar-refractivity contribution in [2.45, 2.75) is 49.6 Å². The minimum absolute atomic E-state index is 0.0472. The number of anilines is 2. The van der Waals surface area contributed by atoms with Gasteiger partial charge in [-0.3, -0.25) is 13.9 Å². The van der Waals surface area contributed by atoms with Crippen molar-refractivity contribution in [2.75, 3.05) is 37.2 Å². The predicted octanol–water partition coefficient (Wildman–Crippen LogP) is 2.29. The fourth-order valence-corrected chi connectivity index (χ4v) is 8.04. The van der Waals surface area contributed by atoms with Crippen LogP contribution in [0.15, 0.2) is 36.7 Å². The van der Waals surface area contributed by atoms with Crippen LogP contribution in [-0.4, -0.2) is 86.7 Å². The van der Waals surface area contributed by atoms with Crippen LogP contribution in [-0.2, 0) is 30.6 Å². The van der Waals surface area contributed by atoms with Gasteiger partial charge >= 0.3 is 12.6 Å². The van der Waals surface area contributed by atoms with Crippen molar-refractivity contribution in [2.24, 2.45) is 0 Å². The maximum Gasteiger partial charge on any atom is 0.323 e. The highest BCUT2D eigenvalue weighted by atomic mass is 35.5. The van der Waals surface area contributed by atoms with Crippen LogP contribution in [0.1, 0.15) is 20.1 Å². The van der Waals surface area contributed by atoms with E-state index in [1.165, 1.54) is 17.8 Å². The average molecular weight is 630 g/mol. The fraction of sp³-hybridized carbons (Fsp3) is 0.500. The third-order valence-corrected chi connectivity index (χ3v) is 9.78. The highest BCUT2D eigenvalue weighted by Gasteiger charge is 2.89. The van der Waals surface area contributed by atoms with Gasteiger partial charge in [-0.2, -0.15) is 9.97 Å². The standard InChI is InChI=1S/C24H30ClFN7O6PS/c1-5-36-20(34)13(2)31-40(41,38-14-9-7-6-8-10-14)39-21-23(11-25)24(21,35)16(26)19(37-23)33-12-28-15-17(32(3)4)29-22(27)30-18(15)33/h6-10,12-13,16,19,21,35H,5,11H2,1-4H3,(H,31,41)(H2,27,29,30)/t13-,16+,19-,21-,23-,24-,40?/m1/s1. The summed E-state index contributed by atoms with van der Waals surface area (Å²) in [6.07, 6.45) is -3.42. The number of carbonyl (C=O) groups is 1. The number of nitrogens with one attached hydrogen (secondary N) is 1. The molecule has 3 heterocycles. The number of hydrogen-bond donors (Lipinski definition) is 3. The van der Waals surface area contributed by atoms with Crippen molar-refractivity contribution in [1.29, 1.82) is 0 Å². The van der Waals surface area contributed by atoms with Gasteiger partial charge in [0.15, 0.2) is 35.0 Å². The van der Waals surface area contributed by atoms with Gasteiger partial charge in [0, 0.05) is 14.1 Å². The highest BCUT2D eigenvalue weighted by Crippen LogP contribution is 2.69. The first-order valence-electron chi connectivity index (χ1n) is 12.7. The molecule has 0 amide bonds. The third kappa shape index (κ3) is 4.92. The molecule has 1 unspecified atom stereocenters. The van der Waals surface area contributed by atoms with E-state index in [9.17, 15) is 9.90 Å². The normalized spacial score (nSPS) is 29.0. The third-order valence-electron chi connectivity index (χ3n) is 6.94. The zero-order valence-electron chi connectivity index (χ0n) is 22.6. The smallest absolute Gasteiger partial charge is 0.323 e. The van der Waals surface area contributed by atoms with Gasteiger partial charge < -0.3 is 29.7 Å². The molecule has 7 atom stereocenters. The van der Waals surface area contributed by atoms with Crippen molar-refractivity contribution >= 4 is 58.9 Å². The Bertz CT molecular complexity index is 1500. The summed E-state index contributed by atoms with van der Waals surface area (Å²) in [7, 11) is 3.51. The molecule has 1 saturated carbocycles. The number of aromatic nitrogens is 4. The molecule has 2 fully saturated rings. The number of nitrogen functional groups attached to an aromatic ring is 1. The monoisotopic (exact) mass is 629 g/mol. The van der Waals surface area contributed by atoms with Crippen molar-refractivity contribution in [3.05, 3.63) is 36.7 Å². The van der Waals surface area contributed by atoms with Crippen LogP contribution >= 0.6 is 18.2 Å². The number of rotatable bonds is 11. The maximum absolute atomic E-state index is 16.2. The lowest BCUT2D eigenvalue weighted by Crippen LogP contribution is -2.38. The largest absolute Gasteiger partial charge is 0.465 e. The Labute approximate surface area is 245 Å². The molecule has 13 nitrogen and oxygen atoms in total. The van der Waals surface area contributed by atoms with Gasteiger partial charge in [0.05, 0.1) is 18.8 Å². The molecule has 41 heavy (non-hydrogen) atoms. The second-order valence-corrected chi connectivity index (χ2v) is 13.2. The first kappa shape index (κ1) is 29.8. The summed E-state index contributed by atoms with van der Waals surface area (Å²) in [5, 5.41) is 14.5. The van der Waals surface area contributed by atoms with E-state index in [1.807, 2.05) is 0 Å². The van der Waals surface area contributed by atoms with E-state index in [1.54, 1.807) is 56.3 Å². The number of alkyl halides is 2. The van der Waals surface area contributed by atoms with Crippen molar-refractivity contribution in [1.82, 2.24) is 24.6 Å². The van der Waals surface area contributed by atoms with E-state index in [-0.39, 0.29) is 24.1 Å². The van der Waals surface area contributed by atoms with Gasteiger partial charge in [-0.15, -0.1) is 11.6 Å². The molecule has 1 aliphatic carbocycles. The number of halogens is 2. The Morgan fingerprint density at radius 2 is 2.10 bits per heavy atom. The average Bonchev–Trinajstić information content (AvgIpc) is 3.17. The van der Waals surface area contributed by atoms with Crippen molar-refractivity contribution in [3.63, 3.8) is 0 Å². The molecule has 5 rings (SSSR count). The van der Waals surface area contributed by atoms with E-state index in [0.717, 1.165) is 0 Å². The zero-order chi connectivity index (χ0) is 29.7. The maximum atomic E-state index is 16.2. The summed E-state index contributed by atoms with van der Waals surface area (Å²) in [4.78, 5) is 26.8. The van der Waals surface area contributed by atoms with Crippen molar-refractivity contribution < 1.29 is 32.8 Å². The number of ether oxygens (including phenoxy) is 2. The summed E-state index contributed by atoms with van der Waals surface area (Å²) in [6.45, 7) is -0.284. The Kier molecular flexibility index (Phi) is 7.92. The second kappa shape index (κ2) is 10.9. The van der Waals surface area contributed by atoms with Gasteiger partial charge in [-0.25, -0.2) is 14.5 Å². The van der Waals surface area contributed by atoms with Gasteiger partial charge in [0.1, 0.15) is 23.5 Å². The number of para-hydroxylation sites is 1. The summed E-state index contributed by atoms with van der Waals surface area (Å²) in [6, 6.07) is 7.58. The molecule has 0 spiro atoms. The Balaban J connectivity index is 1.45. The molecule has 1 aliphatic heterocycles. The van der Waals surface area contributed by atoms with Crippen LogP contribution in [0.2, 0.25) is 0 Å². The lowest BCUT2D eigenvalue weighted by molar-refractivity contribution is -0.144. The zero-order valence-corrected chi connectivity index (χ0v) is 25.1. The molecule has 3 aromatic rings. The van der Waals surface area contributed by atoms with Gasteiger partial charge in [0.2, 0.25) is 5.95 Å². The lowest BCUT2D eigenvalue weighted by atomic mass is 10.1. The first-order chi connectivity index (χ1) is 19.4. The molecule has 2 aliphatic rings. The Hall–Kier alpha value is -2.65. The molecule has 0 radical (unpaired) electrons. The van der Waals surface area contributed by atoms with Gasteiger partial charge in [-0.05, 0) is 37.8 Å². The Morgan fingerprint density at radius 1 is 1.39 bits per heavy atom. The number of imidazole rings is 1. The minimum atomic E-state index is -3.64. The number of hydrogen-bond acceptors (Lipinski definition) is 12. The molecule has 1 aromatic carbocycles. The number of benzene rings is 1. The number of aliphatic hydroxyl groups is 1. The quantitative estimate of drug-likeness (QED) is 0.161. The summed E-state index contributed by atoms with van der Waals surface area (Å²) in [5.41, 5.74) is 2.56. The summed E-state index contributed by atoms with van der Waals surface area (Å²) < 4.78 is 40.8. The van der Waals surface area contributed by atoms with E-state index >= 15 is 4.39 Å². The van der Waals surface area contributed by atoms with Gasteiger partial charge in [0.25, 0.3) is 0 Å². The topological polar surface area (TPSA) is 159 Å². The summed E-state index contributed by atoms with van der Waals surface area (Å²) in [5.74, 6) is -0.210. The molecule has 4 N–H and O–H groups in total. The van der Waals surface area contributed by atoms with E-state index < -0.39 is 48.4 Å². The number of fused-ring (bicyclic) bond motifs is 2. The minimum Gasteiger partial charge on any atom is -0.465 e. The SMILES string of the molecule is CCOC(=O)[C@@H](C)NP(=S)(Oc1ccccc1)O[C@H]1[C@]2(O)[C@@H](F)[C@H](n3cnc4c(N(C)C)nc(N)nc43)O[C@]12CCl. The Morgan fingerprint density at radius 3 is 2.71 bits per heavy atom. The van der Waals surface area contributed by atoms with Crippen LogP contribution in [0.5, 0.6) is 5.75 Å². The molecule has 2 aromatic heterocycles. The van der Waals surface area contributed by atoms with Gasteiger partial charge in [-0.1, -0.05) is 18.2 Å². The number of nitrogens with two attached hydrogens (primary N) is 1. The van der Waals surface area contributed by atoms with Crippen LogP contribution in [0, 0.1) is 0 Å². The van der Waals surface area contributed by atoms with Crippen LogP contribution in [0.3, 0.4) is 0 Å². The molecule has 1 saturated heterocycles. The van der Waals surface area contributed by atoms with Crippen LogP contribution < -0.4 is 20.2 Å². The second-order valence-electron chi connectivity index (χ2n) is 9.87. The number of esters is 1. The molecular weight excluding hydrogens is 600 g/mol.